The SMILES string of the molecule is CC(C)(C)[S+]([O-])N=Cc1cnc(-c2ccccn2)s1. The average molecular weight is 293 g/mol. The minimum atomic E-state index is -1.24. The normalized spacial score (nSPS) is 13.9. The van der Waals surface area contributed by atoms with Crippen molar-refractivity contribution in [2.75, 3.05) is 0 Å². The van der Waals surface area contributed by atoms with Gasteiger partial charge in [-0.2, -0.15) is 0 Å². The first-order chi connectivity index (χ1) is 8.97. The fraction of sp³-hybridized carbons (Fsp3) is 0.308. The van der Waals surface area contributed by atoms with Gasteiger partial charge in [0.05, 0.1) is 16.8 Å². The summed E-state index contributed by atoms with van der Waals surface area (Å²) in [5.74, 6) is 0. The summed E-state index contributed by atoms with van der Waals surface area (Å²) < 4.78 is 15.5. The van der Waals surface area contributed by atoms with Crippen LogP contribution in [0.3, 0.4) is 0 Å². The molecule has 2 rings (SSSR count). The number of hydrogen-bond donors (Lipinski definition) is 0. The van der Waals surface area contributed by atoms with Crippen LogP contribution in [0.2, 0.25) is 0 Å². The van der Waals surface area contributed by atoms with Gasteiger partial charge in [0.25, 0.3) is 0 Å². The topological polar surface area (TPSA) is 61.2 Å². The van der Waals surface area contributed by atoms with Gasteiger partial charge in [0.2, 0.25) is 0 Å². The maximum Gasteiger partial charge on any atom is 0.144 e. The van der Waals surface area contributed by atoms with Gasteiger partial charge in [-0.3, -0.25) is 4.98 Å². The molecule has 19 heavy (non-hydrogen) atoms. The summed E-state index contributed by atoms with van der Waals surface area (Å²) in [7, 11) is 0. The van der Waals surface area contributed by atoms with E-state index < -0.39 is 11.4 Å². The maximum atomic E-state index is 11.8. The van der Waals surface area contributed by atoms with Crippen LogP contribution in [0.5, 0.6) is 0 Å². The first kappa shape index (κ1) is 14.2. The first-order valence-corrected chi connectivity index (χ1v) is 7.72. The van der Waals surface area contributed by atoms with Gasteiger partial charge in [-0.05, 0) is 32.9 Å². The molecule has 0 aliphatic heterocycles. The Morgan fingerprint density at radius 3 is 2.74 bits per heavy atom. The third kappa shape index (κ3) is 3.86. The molecule has 2 aromatic rings. The van der Waals surface area contributed by atoms with E-state index in [9.17, 15) is 4.55 Å². The Morgan fingerprint density at radius 1 is 1.32 bits per heavy atom. The van der Waals surface area contributed by atoms with Crippen LogP contribution >= 0.6 is 11.3 Å². The zero-order valence-corrected chi connectivity index (χ0v) is 12.7. The van der Waals surface area contributed by atoms with Crippen LogP contribution in [0.4, 0.5) is 0 Å². The van der Waals surface area contributed by atoms with Crippen molar-refractivity contribution in [3.63, 3.8) is 0 Å². The molecule has 0 amide bonds. The van der Waals surface area contributed by atoms with Gasteiger partial charge in [0.15, 0.2) is 0 Å². The molecule has 2 heterocycles. The smallest absolute Gasteiger partial charge is 0.144 e. The molecule has 0 fully saturated rings. The van der Waals surface area contributed by atoms with E-state index in [0.717, 1.165) is 15.6 Å². The van der Waals surface area contributed by atoms with Crippen LogP contribution in [-0.2, 0) is 11.4 Å². The van der Waals surface area contributed by atoms with E-state index in [2.05, 4.69) is 14.4 Å². The van der Waals surface area contributed by atoms with Gasteiger partial charge < -0.3 is 4.55 Å². The van der Waals surface area contributed by atoms with Crippen LogP contribution in [0, 0.1) is 0 Å². The highest BCUT2D eigenvalue weighted by molar-refractivity contribution is 7.91. The molecule has 0 aromatic carbocycles. The number of pyridine rings is 1. The fourth-order valence-electron chi connectivity index (χ4n) is 1.21. The van der Waals surface area contributed by atoms with Crippen LogP contribution in [0.15, 0.2) is 35.0 Å². The van der Waals surface area contributed by atoms with Crippen molar-refractivity contribution in [1.29, 1.82) is 0 Å². The van der Waals surface area contributed by atoms with E-state index >= 15 is 0 Å². The number of thiazole rings is 1. The molecule has 0 bridgehead atoms. The van der Waals surface area contributed by atoms with Crippen LogP contribution in [0.1, 0.15) is 25.6 Å². The molecule has 0 aliphatic rings. The largest absolute Gasteiger partial charge is 0.591 e. The molecule has 0 saturated carbocycles. The van der Waals surface area contributed by atoms with E-state index in [1.807, 2.05) is 39.0 Å². The van der Waals surface area contributed by atoms with Crippen molar-refractivity contribution >= 4 is 28.9 Å². The van der Waals surface area contributed by atoms with E-state index in [0.29, 0.717) is 0 Å². The van der Waals surface area contributed by atoms with Gasteiger partial charge >= 0.3 is 0 Å². The Morgan fingerprint density at radius 2 is 2.11 bits per heavy atom. The molecular weight excluding hydrogens is 278 g/mol. The molecule has 0 radical (unpaired) electrons. The molecule has 1 unspecified atom stereocenters. The van der Waals surface area contributed by atoms with Gasteiger partial charge in [-0.25, -0.2) is 4.98 Å². The number of aromatic nitrogens is 2. The quantitative estimate of drug-likeness (QED) is 0.645. The van der Waals surface area contributed by atoms with Crippen molar-refractivity contribution in [3.8, 4) is 10.7 Å². The van der Waals surface area contributed by atoms with Crippen molar-refractivity contribution in [1.82, 2.24) is 9.97 Å². The molecule has 0 spiro atoms. The second kappa shape index (κ2) is 5.81. The Hall–Kier alpha value is -1.24. The Labute approximate surface area is 120 Å². The predicted molar refractivity (Wildman–Crippen MR) is 80.8 cm³/mol. The zero-order chi connectivity index (χ0) is 13.9. The van der Waals surface area contributed by atoms with Gasteiger partial charge in [-0.1, -0.05) is 10.5 Å². The third-order valence-corrected chi connectivity index (χ3v) is 4.51. The molecule has 2 aromatic heterocycles. The summed E-state index contributed by atoms with van der Waals surface area (Å²) in [6.07, 6.45) is 5.07. The van der Waals surface area contributed by atoms with Crippen LogP contribution < -0.4 is 0 Å². The average Bonchev–Trinajstić information content (AvgIpc) is 2.84. The highest BCUT2D eigenvalue weighted by atomic mass is 32.2. The molecule has 0 saturated heterocycles. The highest BCUT2D eigenvalue weighted by Crippen LogP contribution is 2.23. The number of rotatable bonds is 3. The number of hydrogen-bond acceptors (Lipinski definition) is 5. The molecule has 4 nitrogen and oxygen atoms in total. The summed E-state index contributed by atoms with van der Waals surface area (Å²) in [4.78, 5) is 9.41. The molecule has 100 valence electrons. The second-order valence-electron chi connectivity index (χ2n) is 4.88. The minimum absolute atomic E-state index is 0.342. The Kier molecular flexibility index (Phi) is 4.34. The third-order valence-electron chi connectivity index (χ3n) is 2.21. The zero-order valence-electron chi connectivity index (χ0n) is 11.0. The fourth-order valence-corrected chi connectivity index (χ4v) is 2.57. The minimum Gasteiger partial charge on any atom is -0.591 e. The van der Waals surface area contributed by atoms with Crippen LogP contribution in [0.25, 0.3) is 10.7 Å². The lowest BCUT2D eigenvalue weighted by molar-refractivity contribution is 0.562. The lowest BCUT2D eigenvalue weighted by Crippen LogP contribution is -2.25. The van der Waals surface area contributed by atoms with E-state index in [1.54, 1.807) is 18.6 Å². The van der Waals surface area contributed by atoms with E-state index in [-0.39, 0.29) is 4.75 Å². The van der Waals surface area contributed by atoms with Crippen molar-refractivity contribution in [3.05, 3.63) is 35.5 Å². The van der Waals surface area contributed by atoms with Crippen molar-refractivity contribution in [2.24, 2.45) is 4.40 Å². The molecule has 1 atom stereocenters. The van der Waals surface area contributed by atoms with Crippen LogP contribution in [-0.4, -0.2) is 25.5 Å². The molecule has 0 aliphatic carbocycles. The molecule has 6 heteroatoms. The summed E-state index contributed by atoms with van der Waals surface area (Å²) in [6, 6.07) is 5.70. The summed E-state index contributed by atoms with van der Waals surface area (Å²) in [5.41, 5.74) is 0.837. The maximum absolute atomic E-state index is 11.8. The number of nitrogens with zero attached hydrogens (tertiary/aromatic N) is 3. The highest BCUT2D eigenvalue weighted by Gasteiger charge is 2.25. The van der Waals surface area contributed by atoms with Gasteiger partial charge in [0.1, 0.15) is 21.1 Å². The molecule has 0 N–H and O–H groups in total. The Bertz CT molecular complexity index is 561. The summed E-state index contributed by atoms with van der Waals surface area (Å²) in [6.45, 7) is 5.69. The van der Waals surface area contributed by atoms with Gasteiger partial charge in [0, 0.05) is 12.4 Å². The van der Waals surface area contributed by atoms with E-state index in [1.165, 1.54) is 11.3 Å². The van der Waals surface area contributed by atoms with Crippen molar-refractivity contribution < 1.29 is 4.55 Å². The Balaban J connectivity index is 2.12. The van der Waals surface area contributed by atoms with Gasteiger partial charge in [-0.15, -0.1) is 11.3 Å². The first-order valence-electron chi connectivity index (χ1n) is 5.80. The van der Waals surface area contributed by atoms with E-state index in [4.69, 9.17) is 0 Å². The summed E-state index contributed by atoms with van der Waals surface area (Å²) >= 11 is 0.241. The second-order valence-corrected chi connectivity index (χ2v) is 7.87. The molecular formula is C13H15N3OS2. The predicted octanol–water partition coefficient (Wildman–Crippen LogP) is 3.09. The lowest BCUT2D eigenvalue weighted by Gasteiger charge is -2.17. The lowest BCUT2D eigenvalue weighted by atomic mass is 10.3. The standard InChI is InChI=1S/C13H15N3OS2/c1-13(2,3)19(17)16-9-10-8-15-12(18-10)11-6-4-5-7-14-11/h4-9H,1-3H3. The summed E-state index contributed by atoms with van der Waals surface area (Å²) in [5, 5.41) is 0.837. The van der Waals surface area contributed by atoms with Crippen molar-refractivity contribution in [2.45, 2.75) is 25.5 Å². The monoisotopic (exact) mass is 293 g/mol.